The zero-order valence-corrected chi connectivity index (χ0v) is 11.0. The van der Waals surface area contributed by atoms with Gasteiger partial charge in [-0.25, -0.2) is 4.79 Å². The van der Waals surface area contributed by atoms with E-state index >= 15 is 0 Å². The molecule has 0 heterocycles. The van der Waals surface area contributed by atoms with Crippen molar-refractivity contribution in [2.75, 3.05) is 19.0 Å². The third kappa shape index (κ3) is 3.84. The number of carbonyl (C=O) groups is 1. The summed E-state index contributed by atoms with van der Waals surface area (Å²) in [5.41, 5.74) is 0.0850. The average Bonchev–Trinajstić information content (AvgIpc) is 2.38. The normalized spacial score (nSPS) is 11.5. The monoisotopic (exact) mass is 268 g/mol. The van der Waals surface area contributed by atoms with E-state index in [1.807, 2.05) is 0 Å². The van der Waals surface area contributed by atoms with Gasteiger partial charge in [-0.2, -0.15) is 0 Å². The van der Waals surface area contributed by atoms with Crippen molar-refractivity contribution >= 4 is 17.3 Å². The van der Waals surface area contributed by atoms with Gasteiger partial charge in [0.2, 0.25) is 0 Å². The molecule has 1 atom stereocenters. The van der Waals surface area contributed by atoms with Crippen LogP contribution >= 0.6 is 0 Å². The van der Waals surface area contributed by atoms with Gasteiger partial charge in [-0.05, 0) is 19.9 Å². The molecule has 0 aliphatic heterocycles. The Morgan fingerprint density at radius 1 is 1.53 bits per heavy atom. The predicted octanol–water partition coefficient (Wildman–Crippen LogP) is 1.97. The largest absolute Gasteiger partial charge is 0.497 e. The highest BCUT2D eigenvalue weighted by atomic mass is 16.6. The van der Waals surface area contributed by atoms with E-state index in [-0.39, 0.29) is 18.0 Å². The lowest BCUT2D eigenvalue weighted by Gasteiger charge is -2.14. The lowest BCUT2D eigenvalue weighted by molar-refractivity contribution is -0.384. The molecule has 1 N–H and O–H groups in total. The Morgan fingerprint density at radius 2 is 2.21 bits per heavy atom. The molecule has 1 aromatic carbocycles. The van der Waals surface area contributed by atoms with E-state index in [9.17, 15) is 14.9 Å². The molecule has 0 fully saturated rings. The number of nitrogens with zero attached hydrogens (tertiary/aromatic N) is 1. The molecule has 0 aliphatic carbocycles. The molecular formula is C12H16N2O5. The minimum Gasteiger partial charge on any atom is -0.497 e. The molecule has 0 aromatic heterocycles. The number of hydrogen-bond donors (Lipinski definition) is 1. The van der Waals surface area contributed by atoms with Crippen LogP contribution in [0.4, 0.5) is 11.4 Å². The van der Waals surface area contributed by atoms with Gasteiger partial charge in [0.25, 0.3) is 5.69 Å². The van der Waals surface area contributed by atoms with Crippen molar-refractivity contribution in [1.82, 2.24) is 0 Å². The molecule has 0 saturated heterocycles. The quantitative estimate of drug-likeness (QED) is 0.482. The van der Waals surface area contributed by atoms with Gasteiger partial charge in [-0.15, -0.1) is 0 Å². The Hall–Kier alpha value is -2.31. The summed E-state index contributed by atoms with van der Waals surface area (Å²) in [4.78, 5) is 21.9. The fraction of sp³-hybridized carbons (Fsp3) is 0.417. The Labute approximate surface area is 110 Å². The van der Waals surface area contributed by atoms with Crippen molar-refractivity contribution < 1.29 is 19.2 Å². The second-order valence-electron chi connectivity index (χ2n) is 3.76. The molecule has 0 saturated carbocycles. The van der Waals surface area contributed by atoms with Crippen LogP contribution in [0.2, 0.25) is 0 Å². The second kappa shape index (κ2) is 6.58. The SMILES string of the molecule is CCOC(=O)C(C)Nc1cc(OC)ccc1[N+](=O)[O-]. The molecule has 104 valence electrons. The van der Waals surface area contributed by atoms with E-state index in [1.165, 1.54) is 25.3 Å². The Balaban J connectivity index is 2.97. The summed E-state index contributed by atoms with van der Waals surface area (Å²) in [7, 11) is 1.46. The number of nitro groups is 1. The molecule has 1 unspecified atom stereocenters. The first-order valence-electron chi connectivity index (χ1n) is 5.75. The summed E-state index contributed by atoms with van der Waals surface area (Å²) >= 11 is 0. The molecule has 1 aromatic rings. The summed E-state index contributed by atoms with van der Waals surface area (Å²) < 4.78 is 9.83. The fourth-order valence-electron chi connectivity index (χ4n) is 1.48. The summed E-state index contributed by atoms with van der Waals surface area (Å²) in [5, 5.41) is 13.7. The van der Waals surface area contributed by atoms with Crippen molar-refractivity contribution in [1.29, 1.82) is 0 Å². The van der Waals surface area contributed by atoms with Crippen molar-refractivity contribution in [3.8, 4) is 5.75 Å². The van der Waals surface area contributed by atoms with E-state index in [0.29, 0.717) is 5.75 Å². The maximum Gasteiger partial charge on any atom is 0.328 e. The predicted molar refractivity (Wildman–Crippen MR) is 69.4 cm³/mol. The number of nitro benzene ring substituents is 1. The average molecular weight is 268 g/mol. The first-order valence-corrected chi connectivity index (χ1v) is 5.75. The van der Waals surface area contributed by atoms with Gasteiger partial charge in [0.15, 0.2) is 0 Å². The smallest absolute Gasteiger partial charge is 0.328 e. The second-order valence-corrected chi connectivity index (χ2v) is 3.76. The Bertz CT molecular complexity index is 475. The van der Waals surface area contributed by atoms with Crippen LogP contribution in [0.3, 0.4) is 0 Å². The molecule has 0 amide bonds. The molecule has 7 heteroatoms. The number of nitrogens with one attached hydrogen (secondary N) is 1. The van der Waals surface area contributed by atoms with Gasteiger partial charge in [-0.3, -0.25) is 10.1 Å². The van der Waals surface area contributed by atoms with Gasteiger partial charge >= 0.3 is 5.97 Å². The van der Waals surface area contributed by atoms with E-state index in [2.05, 4.69) is 5.32 Å². The fourth-order valence-corrected chi connectivity index (χ4v) is 1.48. The van der Waals surface area contributed by atoms with E-state index < -0.39 is 16.9 Å². The van der Waals surface area contributed by atoms with Crippen LogP contribution in [0, 0.1) is 10.1 Å². The topological polar surface area (TPSA) is 90.7 Å². The zero-order chi connectivity index (χ0) is 14.4. The summed E-state index contributed by atoms with van der Waals surface area (Å²) in [6, 6.07) is 3.58. The number of rotatable bonds is 6. The molecule has 19 heavy (non-hydrogen) atoms. The van der Waals surface area contributed by atoms with Gasteiger partial charge in [0.05, 0.1) is 18.6 Å². The molecular weight excluding hydrogens is 252 g/mol. The molecule has 0 radical (unpaired) electrons. The van der Waals surface area contributed by atoms with E-state index in [4.69, 9.17) is 9.47 Å². The number of benzene rings is 1. The van der Waals surface area contributed by atoms with E-state index in [0.717, 1.165) is 0 Å². The van der Waals surface area contributed by atoms with Crippen LogP contribution in [0.25, 0.3) is 0 Å². The molecule has 1 rings (SSSR count). The zero-order valence-electron chi connectivity index (χ0n) is 11.0. The van der Waals surface area contributed by atoms with Crippen molar-refractivity contribution in [2.45, 2.75) is 19.9 Å². The van der Waals surface area contributed by atoms with Gasteiger partial charge < -0.3 is 14.8 Å². The van der Waals surface area contributed by atoms with Crippen LogP contribution in [-0.2, 0) is 9.53 Å². The highest BCUT2D eigenvalue weighted by Gasteiger charge is 2.20. The number of hydrogen-bond acceptors (Lipinski definition) is 6. The van der Waals surface area contributed by atoms with Crippen LogP contribution in [-0.4, -0.2) is 30.7 Å². The minimum absolute atomic E-state index is 0.128. The molecule has 0 aliphatic rings. The van der Waals surface area contributed by atoms with Crippen molar-refractivity contribution in [3.63, 3.8) is 0 Å². The Kier molecular flexibility index (Phi) is 5.11. The van der Waals surface area contributed by atoms with E-state index in [1.54, 1.807) is 13.8 Å². The Morgan fingerprint density at radius 3 is 2.74 bits per heavy atom. The summed E-state index contributed by atoms with van der Waals surface area (Å²) in [5.74, 6) is -0.0104. The standard InChI is InChI=1S/C12H16N2O5/c1-4-19-12(15)8(2)13-10-7-9(18-3)5-6-11(10)14(16)17/h5-8,13H,4H2,1-3H3. The number of carbonyl (C=O) groups excluding carboxylic acids is 1. The van der Waals surface area contributed by atoms with Gasteiger partial charge in [-0.1, -0.05) is 0 Å². The number of esters is 1. The summed E-state index contributed by atoms with van der Waals surface area (Å²) in [6.45, 7) is 3.52. The maximum atomic E-state index is 11.5. The molecule has 7 nitrogen and oxygen atoms in total. The highest BCUT2D eigenvalue weighted by molar-refractivity contribution is 5.80. The van der Waals surface area contributed by atoms with Crippen LogP contribution in [0.1, 0.15) is 13.8 Å². The number of ether oxygens (including phenoxy) is 2. The lowest BCUT2D eigenvalue weighted by atomic mass is 10.2. The van der Waals surface area contributed by atoms with Gasteiger partial charge in [0, 0.05) is 12.1 Å². The van der Waals surface area contributed by atoms with Crippen molar-refractivity contribution in [2.24, 2.45) is 0 Å². The molecule has 0 bridgehead atoms. The first-order chi connectivity index (χ1) is 8.99. The maximum absolute atomic E-state index is 11.5. The third-order valence-corrected chi connectivity index (χ3v) is 2.41. The summed E-state index contributed by atoms with van der Waals surface area (Å²) in [6.07, 6.45) is 0. The third-order valence-electron chi connectivity index (χ3n) is 2.41. The first kappa shape index (κ1) is 14.7. The van der Waals surface area contributed by atoms with Crippen LogP contribution < -0.4 is 10.1 Å². The van der Waals surface area contributed by atoms with Crippen LogP contribution in [0.5, 0.6) is 5.75 Å². The van der Waals surface area contributed by atoms with Crippen LogP contribution in [0.15, 0.2) is 18.2 Å². The van der Waals surface area contributed by atoms with Gasteiger partial charge in [0.1, 0.15) is 17.5 Å². The molecule has 0 spiro atoms. The minimum atomic E-state index is -0.689. The number of anilines is 1. The number of methoxy groups -OCH3 is 1. The highest BCUT2D eigenvalue weighted by Crippen LogP contribution is 2.29. The van der Waals surface area contributed by atoms with Crippen molar-refractivity contribution in [3.05, 3.63) is 28.3 Å². The lowest BCUT2D eigenvalue weighted by Crippen LogP contribution is -2.28.